The molecule has 2 aliphatic rings. The van der Waals surface area contributed by atoms with Crippen LogP contribution >= 0.6 is 0 Å². The zero-order valence-corrected chi connectivity index (χ0v) is 11.4. The van der Waals surface area contributed by atoms with Crippen LogP contribution in [0.2, 0.25) is 0 Å². The number of benzene rings is 1. The molecular weight excluding hydrogens is 238 g/mol. The monoisotopic (exact) mass is 261 g/mol. The van der Waals surface area contributed by atoms with Crippen LogP contribution in [-0.4, -0.2) is 26.0 Å². The van der Waals surface area contributed by atoms with Gasteiger partial charge in [-0.25, -0.2) is 0 Å². The Labute approximate surface area is 115 Å². The van der Waals surface area contributed by atoms with Gasteiger partial charge in [-0.15, -0.1) is 0 Å². The number of rotatable bonds is 4. The molecule has 2 N–H and O–H groups in total. The molecule has 1 aromatic rings. The molecule has 3 nitrogen and oxygen atoms in total. The quantitative estimate of drug-likeness (QED) is 0.905. The molecule has 2 atom stereocenters. The van der Waals surface area contributed by atoms with Crippen LogP contribution in [-0.2, 0) is 15.9 Å². The molecule has 0 spiro atoms. The second-order valence-electron chi connectivity index (χ2n) is 5.59. The van der Waals surface area contributed by atoms with Gasteiger partial charge in [0, 0.05) is 0 Å². The van der Waals surface area contributed by atoms with Crippen molar-refractivity contribution in [3.05, 3.63) is 35.4 Å². The van der Waals surface area contributed by atoms with Gasteiger partial charge in [0.1, 0.15) is 0 Å². The standard InChI is InChI=1S/C16H23NO2/c17-11-13-6-5-12-3-1-2-4-14(12)15(13)7-8-16-18-9-10-19-16/h1-4,13,15-16H,5-11,17H2. The smallest absolute Gasteiger partial charge is 0.157 e. The van der Waals surface area contributed by atoms with Crippen LogP contribution in [0.5, 0.6) is 0 Å². The Morgan fingerprint density at radius 3 is 2.68 bits per heavy atom. The largest absolute Gasteiger partial charge is 0.350 e. The second-order valence-corrected chi connectivity index (χ2v) is 5.59. The SMILES string of the molecule is NCC1CCc2ccccc2C1CCC1OCCO1. The van der Waals surface area contributed by atoms with E-state index >= 15 is 0 Å². The fourth-order valence-electron chi connectivity index (χ4n) is 3.48. The first-order valence-electron chi connectivity index (χ1n) is 7.39. The lowest BCUT2D eigenvalue weighted by Crippen LogP contribution is -2.28. The Balaban J connectivity index is 1.72. The molecule has 2 unspecified atom stereocenters. The first-order chi connectivity index (χ1) is 9.38. The van der Waals surface area contributed by atoms with E-state index in [0.29, 0.717) is 11.8 Å². The molecule has 0 saturated carbocycles. The molecule has 3 heteroatoms. The maximum Gasteiger partial charge on any atom is 0.157 e. The predicted octanol–water partition coefficient (Wildman–Crippen LogP) is 2.44. The minimum Gasteiger partial charge on any atom is -0.350 e. The summed E-state index contributed by atoms with van der Waals surface area (Å²) < 4.78 is 11.1. The highest BCUT2D eigenvalue weighted by atomic mass is 16.7. The Bertz CT molecular complexity index is 415. The van der Waals surface area contributed by atoms with Gasteiger partial charge in [0.15, 0.2) is 6.29 Å². The van der Waals surface area contributed by atoms with Crippen LogP contribution in [0, 0.1) is 5.92 Å². The molecule has 1 aromatic carbocycles. The molecule has 0 aromatic heterocycles. The number of hydrogen-bond donors (Lipinski definition) is 1. The first-order valence-corrected chi connectivity index (χ1v) is 7.39. The van der Waals surface area contributed by atoms with E-state index in [1.54, 1.807) is 0 Å². The summed E-state index contributed by atoms with van der Waals surface area (Å²) in [6.45, 7) is 2.27. The van der Waals surface area contributed by atoms with Gasteiger partial charge in [-0.05, 0) is 55.2 Å². The van der Waals surface area contributed by atoms with Gasteiger partial charge in [0.2, 0.25) is 0 Å². The van der Waals surface area contributed by atoms with E-state index in [-0.39, 0.29) is 6.29 Å². The normalized spacial score (nSPS) is 27.4. The van der Waals surface area contributed by atoms with Crippen LogP contribution in [0.25, 0.3) is 0 Å². The molecule has 0 amide bonds. The molecule has 1 fully saturated rings. The summed E-state index contributed by atoms with van der Waals surface area (Å²) in [4.78, 5) is 0. The zero-order valence-electron chi connectivity index (χ0n) is 11.4. The summed E-state index contributed by atoms with van der Waals surface area (Å²) in [6, 6.07) is 8.82. The number of ether oxygens (including phenoxy) is 2. The van der Waals surface area contributed by atoms with Gasteiger partial charge in [-0.1, -0.05) is 24.3 Å². The molecule has 1 heterocycles. The van der Waals surface area contributed by atoms with Crippen molar-refractivity contribution in [1.82, 2.24) is 0 Å². The van der Waals surface area contributed by atoms with Crippen molar-refractivity contribution < 1.29 is 9.47 Å². The van der Waals surface area contributed by atoms with Crippen molar-refractivity contribution in [2.24, 2.45) is 11.7 Å². The maximum absolute atomic E-state index is 5.97. The fraction of sp³-hybridized carbons (Fsp3) is 0.625. The van der Waals surface area contributed by atoms with Crippen molar-refractivity contribution in [3.63, 3.8) is 0 Å². The Morgan fingerprint density at radius 1 is 1.11 bits per heavy atom. The summed E-state index contributed by atoms with van der Waals surface area (Å²) >= 11 is 0. The molecule has 1 aliphatic carbocycles. The molecule has 1 saturated heterocycles. The highest BCUT2D eigenvalue weighted by Crippen LogP contribution is 2.39. The zero-order chi connectivity index (χ0) is 13.1. The predicted molar refractivity (Wildman–Crippen MR) is 75.0 cm³/mol. The van der Waals surface area contributed by atoms with Crippen LogP contribution in [0.3, 0.4) is 0 Å². The van der Waals surface area contributed by atoms with Gasteiger partial charge in [0.05, 0.1) is 13.2 Å². The molecular formula is C16H23NO2. The third-order valence-electron chi connectivity index (χ3n) is 4.52. The highest BCUT2D eigenvalue weighted by molar-refractivity contribution is 5.33. The Hall–Kier alpha value is -0.900. The third kappa shape index (κ3) is 2.83. The lowest BCUT2D eigenvalue weighted by atomic mass is 9.73. The summed E-state index contributed by atoms with van der Waals surface area (Å²) in [5, 5.41) is 0. The van der Waals surface area contributed by atoms with Crippen molar-refractivity contribution >= 4 is 0 Å². The van der Waals surface area contributed by atoms with Crippen molar-refractivity contribution in [2.75, 3.05) is 19.8 Å². The molecule has 1 aliphatic heterocycles. The fourth-order valence-corrected chi connectivity index (χ4v) is 3.48. The average molecular weight is 261 g/mol. The van der Waals surface area contributed by atoms with E-state index in [0.717, 1.165) is 32.6 Å². The van der Waals surface area contributed by atoms with Crippen molar-refractivity contribution in [1.29, 1.82) is 0 Å². The van der Waals surface area contributed by atoms with Gasteiger partial charge < -0.3 is 15.2 Å². The van der Waals surface area contributed by atoms with E-state index in [2.05, 4.69) is 24.3 Å². The number of nitrogens with two attached hydrogens (primary N) is 1. The number of fused-ring (bicyclic) bond motifs is 1. The van der Waals surface area contributed by atoms with E-state index in [1.165, 1.54) is 24.0 Å². The topological polar surface area (TPSA) is 44.5 Å². The van der Waals surface area contributed by atoms with Gasteiger partial charge in [-0.2, -0.15) is 0 Å². The van der Waals surface area contributed by atoms with Gasteiger partial charge >= 0.3 is 0 Å². The number of aryl methyl sites for hydroxylation is 1. The summed E-state index contributed by atoms with van der Waals surface area (Å²) in [5.74, 6) is 1.18. The van der Waals surface area contributed by atoms with Crippen LogP contribution in [0.1, 0.15) is 36.3 Å². The molecule has 0 bridgehead atoms. The first kappa shape index (κ1) is 13.1. The van der Waals surface area contributed by atoms with Crippen molar-refractivity contribution in [3.8, 4) is 0 Å². The Morgan fingerprint density at radius 2 is 1.89 bits per heavy atom. The van der Waals surface area contributed by atoms with Crippen LogP contribution < -0.4 is 5.73 Å². The second kappa shape index (κ2) is 6.04. The van der Waals surface area contributed by atoms with Crippen LogP contribution in [0.15, 0.2) is 24.3 Å². The van der Waals surface area contributed by atoms with Gasteiger partial charge in [0.25, 0.3) is 0 Å². The molecule has 3 rings (SSSR count). The average Bonchev–Trinajstić information content (AvgIpc) is 2.97. The van der Waals surface area contributed by atoms with Crippen LogP contribution in [0.4, 0.5) is 0 Å². The van der Waals surface area contributed by atoms with E-state index in [9.17, 15) is 0 Å². The van der Waals surface area contributed by atoms with E-state index in [4.69, 9.17) is 15.2 Å². The molecule has 104 valence electrons. The van der Waals surface area contributed by atoms with E-state index < -0.39 is 0 Å². The lowest BCUT2D eigenvalue weighted by Gasteiger charge is -2.33. The minimum absolute atomic E-state index is 0.00696. The minimum atomic E-state index is 0.00696. The summed E-state index contributed by atoms with van der Waals surface area (Å²) in [7, 11) is 0. The summed E-state index contributed by atoms with van der Waals surface area (Å²) in [5.41, 5.74) is 8.98. The molecule has 0 radical (unpaired) electrons. The third-order valence-corrected chi connectivity index (χ3v) is 4.52. The summed E-state index contributed by atoms with van der Waals surface area (Å²) in [6.07, 6.45) is 4.49. The number of hydrogen-bond acceptors (Lipinski definition) is 3. The lowest BCUT2D eigenvalue weighted by molar-refractivity contribution is -0.0497. The van der Waals surface area contributed by atoms with Gasteiger partial charge in [-0.3, -0.25) is 0 Å². The van der Waals surface area contributed by atoms with Crippen molar-refractivity contribution in [2.45, 2.75) is 37.9 Å². The van der Waals surface area contributed by atoms with E-state index in [1.807, 2.05) is 0 Å². The Kier molecular flexibility index (Phi) is 4.16. The molecule has 19 heavy (non-hydrogen) atoms. The maximum atomic E-state index is 5.97. The highest BCUT2D eigenvalue weighted by Gasteiger charge is 2.29.